The van der Waals surface area contributed by atoms with E-state index < -0.39 is 0 Å². The van der Waals surface area contributed by atoms with Gasteiger partial charge in [0.1, 0.15) is 5.82 Å². The molecule has 1 unspecified atom stereocenters. The molecule has 1 fully saturated rings. The van der Waals surface area contributed by atoms with Gasteiger partial charge >= 0.3 is 0 Å². The first-order chi connectivity index (χ1) is 16.2. The molecule has 1 atom stereocenters. The van der Waals surface area contributed by atoms with Crippen LogP contribution in [0.15, 0.2) is 55.2 Å². The molecule has 9 heteroatoms. The number of hydrogen-bond acceptors (Lipinski definition) is 7. The predicted octanol–water partition coefficient (Wildman–Crippen LogP) is 2.74. The third-order valence-electron chi connectivity index (χ3n) is 6.33. The number of rotatable bonds is 4. The van der Waals surface area contributed by atoms with Crippen LogP contribution in [0.3, 0.4) is 0 Å². The molecule has 1 saturated heterocycles. The zero-order valence-electron chi connectivity index (χ0n) is 17.9. The standard InChI is InChI=1S/C24H23N7O2/c32-16-2-1-8-30(14-16)15-3-6-21(26-10-15)29-19-5-4-17(18-11-28-24(33)23(18)19)20-12-27-22-13-25-7-9-31(20)22/h3-7,9-10,12-13,16,32H,1-2,8,11,14H2,(H,26,29)(H,28,33). The van der Waals surface area contributed by atoms with E-state index in [0.717, 1.165) is 47.5 Å². The van der Waals surface area contributed by atoms with Crippen molar-refractivity contribution in [1.29, 1.82) is 0 Å². The number of β-amino-alcohol motifs (C(OH)–C–C–N with tert-alkyl or cyclic N) is 1. The fourth-order valence-corrected chi connectivity index (χ4v) is 4.71. The van der Waals surface area contributed by atoms with Crippen molar-refractivity contribution in [3.8, 4) is 11.3 Å². The molecule has 0 aliphatic carbocycles. The summed E-state index contributed by atoms with van der Waals surface area (Å²) in [5.74, 6) is 0.551. The summed E-state index contributed by atoms with van der Waals surface area (Å²) in [6.45, 7) is 2.00. The largest absolute Gasteiger partial charge is 0.391 e. The molecule has 2 aliphatic heterocycles. The number of pyridine rings is 1. The molecule has 166 valence electrons. The summed E-state index contributed by atoms with van der Waals surface area (Å²) in [6, 6.07) is 7.82. The van der Waals surface area contributed by atoms with Crippen molar-refractivity contribution in [2.24, 2.45) is 0 Å². The Hall–Kier alpha value is -3.98. The molecule has 5 heterocycles. The van der Waals surface area contributed by atoms with Gasteiger partial charge in [-0.25, -0.2) is 9.97 Å². The highest BCUT2D eigenvalue weighted by atomic mass is 16.3. The lowest BCUT2D eigenvalue weighted by Crippen LogP contribution is -2.38. The lowest BCUT2D eigenvalue weighted by Gasteiger charge is -2.31. The number of aliphatic hydroxyl groups excluding tert-OH is 1. The maximum absolute atomic E-state index is 12.7. The minimum absolute atomic E-state index is 0.108. The van der Waals surface area contributed by atoms with E-state index in [2.05, 4.69) is 30.5 Å². The van der Waals surface area contributed by atoms with Crippen molar-refractivity contribution in [3.05, 3.63) is 66.4 Å². The minimum atomic E-state index is -0.291. The van der Waals surface area contributed by atoms with Crippen molar-refractivity contribution in [2.75, 3.05) is 23.3 Å². The Morgan fingerprint density at radius 1 is 1.12 bits per heavy atom. The summed E-state index contributed by atoms with van der Waals surface area (Å²) in [4.78, 5) is 28.0. The van der Waals surface area contributed by atoms with Crippen LogP contribution in [0, 0.1) is 0 Å². The van der Waals surface area contributed by atoms with Crippen molar-refractivity contribution in [2.45, 2.75) is 25.5 Å². The van der Waals surface area contributed by atoms with E-state index in [1.54, 1.807) is 18.6 Å². The molecule has 33 heavy (non-hydrogen) atoms. The van der Waals surface area contributed by atoms with Crippen LogP contribution in [-0.4, -0.2) is 49.6 Å². The molecule has 0 spiro atoms. The molecule has 9 nitrogen and oxygen atoms in total. The monoisotopic (exact) mass is 441 g/mol. The number of aromatic nitrogens is 4. The van der Waals surface area contributed by atoms with Gasteiger partial charge in [0, 0.05) is 37.6 Å². The Morgan fingerprint density at radius 3 is 2.91 bits per heavy atom. The first-order valence-electron chi connectivity index (χ1n) is 11.0. The van der Waals surface area contributed by atoms with E-state index in [1.807, 2.05) is 41.1 Å². The van der Waals surface area contributed by atoms with Crippen LogP contribution in [-0.2, 0) is 6.54 Å². The number of hydrogen-bond donors (Lipinski definition) is 3. The molecule has 1 aromatic carbocycles. The molecule has 4 aromatic rings. The van der Waals surface area contributed by atoms with Crippen LogP contribution in [0.5, 0.6) is 0 Å². The molecule has 6 rings (SSSR count). The van der Waals surface area contributed by atoms with Gasteiger partial charge in [-0.1, -0.05) is 6.07 Å². The number of piperidine rings is 1. The Balaban J connectivity index is 1.32. The smallest absolute Gasteiger partial charge is 0.254 e. The van der Waals surface area contributed by atoms with Gasteiger partial charge in [-0.05, 0) is 36.6 Å². The summed E-state index contributed by atoms with van der Waals surface area (Å²) in [5.41, 5.74) is 5.89. The molecule has 2 aliphatic rings. The lowest BCUT2D eigenvalue weighted by molar-refractivity contribution is 0.0966. The molecule has 3 aromatic heterocycles. The third-order valence-corrected chi connectivity index (χ3v) is 6.33. The summed E-state index contributed by atoms with van der Waals surface area (Å²) in [5, 5.41) is 16.2. The van der Waals surface area contributed by atoms with Crippen molar-refractivity contribution in [3.63, 3.8) is 0 Å². The molecular weight excluding hydrogens is 418 g/mol. The minimum Gasteiger partial charge on any atom is -0.391 e. The number of anilines is 3. The summed E-state index contributed by atoms with van der Waals surface area (Å²) in [6.07, 6.45) is 10.4. The van der Waals surface area contributed by atoms with Crippen LogP contribution in [0.25, 0.3) is 16.9 Å². The van der Waals surface area contributed by atoms with Crippen LogP contribution in [0.1, 0.15) is 28.8 Å². The average Bonchev–Trinajstić information content (AvgIpc) is 3.44. The van der Waals surface area contributed by atoms with E-state index in [0.29, 0.717) is 30.2 Å². The second-order valence-corrected chi connectivity index (χ2v) is 8.41. The van der Waals surface area contributed by atoms with Gasteiger partial charge in [-0.2, -0.15) is 0 Å². The molecular formula is C24H23N7O2. The number of amides is 1. The number of carbonyl (C=O) groups excluding carboxylic acids is 1. The van der Waals surface area contributed by atoms with Crippen LogP contribution in [0.2, 0.25) is 0 Å². The van der Waals surface area contributed by atoms with Gasteiger partial charge < -0.3 is 20.6 Å². The average molecular weight is 441 g/mol. The maximum Gasteiger partial charge on any atom is 0.254 e. The van der Waals surface area contributed by atoms with E-state index in [1.165, 1.54) is 0 Å². The van der Waals surface area contributed by atoms with E-state index in [9.17, 15) is 9.90 Å². The van der Waals surface area contributed by atoms with Gasteiger partial charge in [-0.3, -0.25) is 14.2 Å². The van der Waals surface area contributed by atoms with Gasteiger partial charge in [0.05, 0.1) is 47.3 Å². The molecule has 0 radical (unpaired) electrons. The van der Waals surface area contributed by atoms with E-state index in [4.69, 9.17) is 0 Å². The van der Waals surface area contributed by atoms with Gasteiger partial charge in [-0.15, -0.1) is 0 Å². The number of benzene rings is 1. The summed E-state index contributed by atoms with van der Waals surface area (Å²) in [7, 11) is 0. The van der Waals surface area contributed by atoms with E-state index >= 15 is 0 Å². The number of imidazole rings is 1. The molecule has 0 saturated carbocycles. The van der Waals surface area contributed by atoms with Crippen LogP contribution >= 0.6 is 0 Å². The van der Waals surface area contributed by atoms with Gasteiger partial charge in [0.25, 0.3) is 5.91 Å². The van der Waals surface area contributed by atoms with E-state index in [-0.39, 0.29) is 12.0 Å². The van der Waals surface area contributed by atoms with Crippen molar-refractivity contribution < 1.29 is 9.90 Å². The SMILES string of the molecule is O=C1NCc2c(-c3cnc4cnccn34)ccc(Nc3ccc(N4CCCC(O)C4)cn3)c21. The normalized spacial score (nSPS) is 17.8. The number of nitrogens with one attached hydrogen (secondary N) is 2. The lowest BCUT2D eigenvalue weighted by atomic mass is 9.99. The topological polar surface area (TPSA) is 108 Å². The Labute approximate surface area is 190 Å². The molecule has 3 N–H and O–H groups in total. The summed E-state index contributed by atoms with van der Waals surface area (Å²) >= 11 is 0. The Morgan fingerprint density at radius 2 is 2.06 bits per heavy atom. The second-order valence-electron chi connectivity index (χ2n) is 8.41. The number of nitrogens with zero attached hydrogens (tertiary/aromatic N) is 5. The number of fused-ring (bicyclic) bond motifs is 2. The zero-order chi connectivity index (χ0) is 22.4. The number of carbonyl (C=O) groups is 1. The highest BCUT2D eigenvalue weighted by Crippen LogP contribution is 2.35. The molecule has 1 amide bonds. The van der Waals surface area contributed by atoms with Crippen LogP contribution < -0.4 is 15.5 Å². The Kier molecular flexibility index (Phi) is 4.69. The first kappa shape index (κ1) is 19.7. The quantitative estimate of drug-likeness (QED) is 0.447. The van der Waals surface area contributed by atoms with Crippen molar-refractivity contribution in [1.82, 2.24) is 24.7 Å². The highest BCUT2D eigenvalue weighted by molar-refractivity contribution is 6.06. The third kappa shape index (κ3) is 3.46. The maximum atomic E-state index is 12.7. The predicted molar refractivity (Wildman–Crippen MR) is 125 cm³/mol. The fraction of sp³-hybridized carbons (Fsp3) is 0.250. The summed E-state index contributed by atoms with van der Waals surface area (Å²) < 4.78 is 1.97. The fourth-order valence-electron chi connectivity index (χ4n) is 4.71. The van der Waals surface area contributed by atoms with Crippen molar-refractivity contribution >= 4 is 28.7 Å². The molecule has 0 bridgehead atoms. The first-order valence-corrected chi connectivity index (χ1v) is 11.0. The second kappa shape index (κ2) is 7.86. The zero-order valence-corrected chi connectivity index (χ0v) is 17.9. The Bertz CT molecular complexity index is 1350. The highest BCUT2D eigenvalue weighted by Gasteiger charge is 2.27. The van der Waals surface area contributed by atoms with Gasteiger partial charge in [0.15, 0.2) is 5.65 Å². The number of aliphatic hydroxyl groups is 1. The van der Waals surface area contributed by atoms with Gasteiger partial charge in [0.2, 0.25) is 0 Å². The van der Waals surface area contributed by atoms with Crippen LogP contribution in [0.4, 0.5) is 17.2 Å².